The van der Waals surface area contributed by atoms with E-state index in [4.69, 9.17) is 19.2 Å². The van der Waals surface area contributed by atoms with Gasteiger partial charge in [-0.2, -0.15) is 0 Å². The number of amides is 1. The van der Waals surface area contributed by atoms with Crippen LogP contribution in [0.3, 0.4) is 0 Å². The lowest BCUT2D eigenvalue weighted by molar-refractivity contribution is -0.0721. The summed E-state index contributed by atoms with van der Waals surface area (Å²) in [6.45, 7) is 15.6. The summed E-state index contributed by atoms with van der Waals surface area (Å²) in [6, 6.07) is 0. The highest BCUT2D eigenvalue weighted by Gasteiger charge is 2.24. The number of ether oxygens (including phenoxy) is 3. The minimum atomic E-state index is -0.488. The molecule has 2 rings (SSSR count). The van der Waals surface area contributed by atoms with E-state index in [-0.39, 0.29) is 12.2 Å². The summed E-state index contributed by atoms with van der Waals surface area (Å²) in [7, 11) is 0. The van der Waals surface area contributed by atoms with E-state index < -0.39 is 5.60 Å². The molecule has 0 aromatic carbocycles. The summed E-state index contributed by atoms with van der Waals surface area (Å²) >= 11 is 0. The van der Waals surface area contributed by atoms with Crippen molar-refractivity contribution in [1.29, 1.82) is 0 Å². The lowest BCUT2D eigenvalue weighted by atomic mass is 10.1. The zero-order chi connectivity index (χ0) is 22.7. The number of likely N-dealkylation sites (tertiary alicyclic amines) is 1. The van der Waals surface area contributed by atoms with Crippen LogP contribution in [0.25, 0.3) is 0 Å². The van der Waals surface area contributed by atoms with Crippen molar-refractivity contribution in [2.45, 2.75) is 84.5 Å². The van der Waals surface area contributed by atoms with Crippen LogP contribution in [-0.4, -0.2) is 92.1 Å². The minimum Gasteiger partial charge on any atom is -0.444 e. The molecule has 0 spiro atoms. The molecule has 0 aromatic heterocycles. The van der Waals surface area contributed by atoms with Gasteiger partial charge >= 0.3 is 6.09 Å². The molecule has 31 heavy (non-hydrogen) atoms. The predicted octanol–water partition coefficient (Wildman–Crippen LogP) is 3.26. The first-order valence-corrected chi connectivity index (χ1v) is 12.1. The second-order valence-corrected chi connectivity index (χ2v) is 9.30. The van der Waals surface area contributed by atoms with Crippen LogP contribution in [0.2, 0.25) is 0 Å². The van der Waals surface area contributed by atoms with Gasteiger partial charge in [-0.3, -0.25) is 4.99 Å². The molecule has 2 saturated heterocycles. The largest absolute Gasteiger partial charge is 0.444 e. The summed E-state index contributed by atoms with van der Waals surface area (Å²) in [4.78, 5) is 21.1. The van der Waals surface area contributed by atoms with Crippen LogP contribution < -0.4 is 5.32 Å². The molecule has 2 fully saturated rings. The molecule has 2 aliphatic heterocycles. The quantitative estimate of drug-likeness (QED) is 0.461. The zero-order valence-corrected chi connectivity index (χ0v) is 20.3. The van der Waals surface area contributed by atoms with Gasteiger partial charge in [0.15, 0.2) is 5.96 Å². The monoisotopic (exact) mass is 440 g/mol. The molecule has 1 unspecified atom stereocenters. The van der Waals surface area contributed by atoms with E-state index in [1.54, 1.807) is 4.90 Å². The van der Waals surface area contributed by atoms with Gasteiger partial charge in [0.2, 0.25) is 0 Å². The summed E-state index contributed by atoms with van der Waals surface area (Å²) in [6.07, 6.45) is 5.83. The summed E-state index contributed by atoms with van der Waals surface area (Å²) in [5.41, 5.74) is -0.488. The number of guanidine groups is 1. The third-order valence-corrected chi connectivity index (χ3v) is 5.53. The fourth-order valence-electron chi connectivity index (χ4n) is 3.82. The smallest absolute Gasteiger partial charge is 0.410 e. The van der Waals surface area contributed by atoms with Crippen molar-refractivity contribution >= 4 is 12.1 Å². The molecule has 1 atom stereocenters. The Kier molecular flexibility index (Phi) is 10.9. The van der Waals surface area contributed by atoms with Crippen molar-refractivity contribution in [3.63, 3.8) is 0 Å². The van der Waals surface area contributed by atoms with Crippen molar-refractivity contribution in [2.75, 3.05) is 52.5 Å². The Bertz CT molecular complexity index is 550. The van der Waals surface area contributed by atoms with Crippen LogP contribution in [0.5, 0.6) is 0 Å². The highest BCUT2D eigenvalue weighted by molar-refractivity contribution is 5.80. The van der Waals surface area contributed by atoms with Crippen molar-refractivity contribution in [3.05, 3.63) is 0 Å². The van der Waals surface area contributed by atoms with E-state index >= 15 is 0 Å². The molecule has 0 saturated carbocycles. The molecule has 2 heterocycles. The van der Waals surface area contributed by atoms with Gasteiger partial charge in [-0.1, -0.05) is 0 Å². The first kappa shape index (κ1) is 25.7. The van der Waals surface area contributed by atoms with Crippen molar-refractivity contribution in [3.8, 4) is 0 Å². The maximum atomic E-state index is 12.3. The Morgan fingerprint density at radius 2 is 1.94 bits per heavy atom. The third-order valence-electron chi connectivity index (χ3n) is 5.53. The number of carbonyl (C=O) groups excluding carboxylic acids is 1. The SMILES string of the molecule is CCNC(=NCCN(CC)C(=O)OC(C)(C)C)N1CCC(OCC2CCCCO2)CC1. The average molecular weight is 441 g/mol. The van der Waals surface area contributed by atoms with Gasteiger partial charge in [0.25, 0.3) is 0 Å². The van der Waals surface area contributed by atoms with Crippen LogP contribution in [0.15, 0.2) is 4.99 Å². The van der Waals surface area contributed by atoms with Crippen molar-refractivity contribution in [2.24, 2.45) is 4.99 Å². The van der Waals surface area contributed by atoms with Crippen LogP contribution >= 0.6 is 0 Å². The molecular formula is C23H44N4O4. The Morgan fingerprint density at radius 3 is 2.52 bits per heavy atom. The predicted molar refractivity (Wildman–Crippen MR) is 124 cm³/mol. The molecule has 0 aliphatic carbocycles. The van der Waals surface area contributed by atoms with Gasteiger partial charge in [0.1, 0.15) is 5.60 Å². The molecule has 180 valence electrons. The van der Waals surface area contributed by atoms with E-state index in [1.807, 2.05) is 27.7 Å². The molecule has 0 bridgehead atoms. The second-order valence-electron chi connectivity index (χ2n) is 9.30. The maximum absolute atomic E-state index is 12.3. The molecule has 0 aromatic rings. The first-order chi connectivity index (χ1) is 14.8. The van der Waals surface area contributed by atoms with Gasteiger partial charge in [-0.05, 0) is 66.7 Å². The van der Waals surface area contributed by atoms with Crippen molar-refractivity contribution < 1.29 is 19.0 Å². The van der Waals surface area contributed by atoms with E-state index in [0.29, 0.717) is 25.7 Å². The fraction of sp³-hybridized carbons (Fsp3) is 0.913. The van der Waals surface area contributed by atoms with Crippen molar-refractivity contribution in [1.82, 2.24) is 15.1 Å². The van der Waals surface area contributed by atoms with Crippen LogP contribution in [0.1, 0.15) is 66.7 Å². The van der Waals surface area contributed by atoms with Gasteiger partial charge in [-0.25, -0.2) is 4.79 Å². The summed E-state index contributed by atoms with van der Waals surface area (Å²) in [5, 5.41) is 3.39. The number of nitrogens with one attached hydrogen (secondary N) is 1. The van der Waals surface area contributed by atoms with Gasteiger partial charge < -0.3 is 29.3 Å². The van der Waals surface area contributed by atoms with Crippen LogP contribution in [0, 0.1) is 0 Å². The summed E-state index contributed by atoms with van der Waals surface area (Å²) in [5.74, 6) is 0.914. The number of carbonyl (C=O) groups is 1. The Labute approximate surface area is 188 Å². The number of hydrogen-bond donors (Lipinski definition) is 1. The number of aliphatic imine (C=N–C) groups is 1. The Hall–Kier alpha value is -1.54. The standard InChI is InChI=1S/C23H44N4O4/c1-6-24-21(25-13-16-26(7-2)22(28)31-23(3,4)5)27-14-11-19(12-15-27)30-18-20-10-8-9-17-29-20/h19-20H,6-18H2,1-5H3,(H,24,25). The van der Waals surface area contributed by atoms with E-state index in [1.165, 1.54) is 12.8 Å². The topological polar surface area (TPSA) is 75.6 Å². The van der Waals surface area contributed by atoms with Crippen LogP contribution in [-0.2, 0) is 14.2 Å². The maximum Gasteiger partial charge on any atom is 0.410 e. The third kappa shape index (κ3) is 9.64. The summed E-state index contributed by atoms with van der Waals surface area (Å²) < 4.78 is 17.4. The zero-order valence-electron chi connectivity index (χ0n) is 20.3. The van der Waals surface area contributed by atoms with Crippen LogP contribution in [0.4, 0.5) is 4.79 Å². The van der Waals surface area contributed by atoms with Gasteiger partial charge in [0, 0.05) is 39.3 Å². The van der Waals surface area contributed by atoms with E-state index in [9.17, 15) is 4.79 Å². The molecule has 8 nitrogen and oxygen atoms in total. The lowest BCUT2D eigenvalue weighted by Crippen LogP contribution is -2.47. The molecule has 2 aliphatic rings. The number of hydrogen-bond acceptors (Lipinski definition) is 5. The normalized spacial score (nSPS) is 21.1. The minimum absolute atomic E-state index is 0.275. The number of piperidine rings is 1. The molecule has 0 radical (unpaired) electrons. The lowest BCUT2D eigenvalue weighted by Gasteiger charge is -2.35. The van der Waals surface area contributed by atoms with Gasteiger partial charge in [-0.15, -0.1) is 0 Å². The Balaban J connectivity index is 1.77. The molecule has 1 N–H and O–H groups in total. The molecular weight excluding hydrogens is 396 g/mol. The fourth-order valence-corrected chi connectivity index (χ4v) is 3.82. The van der Waals surface area contributed by atoms with E-state index in [2.05, 4.69) is 17.1 Å². The number of likely N-dealkylation sites (N-methyl/N-ethyl adjacent to an activating group) is 1. The van der Waals surface area contributed by atoms with E-state index in [0.717, 1.165) is 58.1 Å². The number of rotatable bonds is 8. The first-order valence-electron chi connectivity index (χ1n) is 12.1. The Morgan fingerprint density at radius 1 is 1.19 bits per heavy atom. The highest BCUT2D eigenvalue weighted by Crippen LogP contribution is 2.18. The highest BCUT2D eigenvalue weighted by atomic mass is 16.6. The van der Waals surface area contributed by atoms with Gasteiger partial charge in [0.05, 0.1) is 25.4 Å². The molecule has 1 amide bonds. The molecule has 8 heteroatoms. The number of nitrogens with zero attached hydrogens (tertiary/aromatic N) is 3. The average Bonchev–Trinajstić information content (AvgIpc) is 2.74. The second kappa shape index (κ2) is 13.1.